The van der Waals surface area contributed by atoms with Gasteiger partial charge < -0.3 is 19.7 Å². The van der Waals surface area contributed by atoms with Crippen molar-refractivity contribution in [3.8, 4) is 5.75 Å². The molecule has 198 valence electrons. The van der Waals surface area contributed by atoms with Crippen LogP contribution < -0.4 is 19.9 Å². The highest BCUT2D eigenvalue weighted by Crippen LogP contribution is 2.41. The number of allylic oxidation sites excluding steroid dienone is 2. The summed E-state index contributed by atoms with van der Waals surface area (Å²) in [7, 11) is 0. The summed E-state index contributed by atoms with van der Waals surface area (Å²) < 4.78 is 12.1. The van der Waals surface area contributed by atoms with Crippen LogP contribution in [-0.2, 0) is 9.53 Å². The number of rotatable bonds is 5. The standard InChI is InChI=1S/C21H20ClN3O5S.C4H6.C2H6/c22-18-6-5-17(31-18)20(27)23-11-16-14-7-9-29-15-10-12(24-8-1-2-19(24)26)3-4-13(15)25(14)21(28)30-16;1-3-4-2;1-2/h3-6,10,14,16H,1-2,7-9,11H2,(H,23,27);3-4H,1-2H2;1-2H3/t14-,16?;;/m0../s1. The van der Waals surface area contributed by atoms with Crippen molar-refractivity contribution in [2.24, 2.45) is 0 Å². The largest absolute Gasteiger partial charge is 0.491 e. The number of benzene rings is 1. The van der Waals surface area contributed by atoms with Gasteiger partial charge in [0.15, 0.2) is 0 Å². The van der Waals surface area contributed by atoms with E-state index in [9.17, 15) is 14.4 Å². The van der Waals surface area contributed by atoms with Gasteiger partial charge in [-0.2, -0.15) is 0 Å². The maximum absolute atomic E-state index is 12.7. The van der Waals surface area contributed by atoms with Crippen molar-refractivity contribution in [1.29, 1.82) is 0 Å². The maximum atomic E-state index is 12.7. The molecule has 37 heavy (non-hydrogen) atoms. The fourth-order valence-electron chi connectivity index (χ4n) is 4.25. The molecule has 2 saturated heterocycles. The second kappa shape index (κ2) is 13.3. The lowest BCUT2D eigenvalue weighted by atomic mass is 10.1. The predicted molar refractivity (Wildman–Crippen MR) is 148 cm³/mol. The van der Waals surface area contributed by atoms with Gasteiger partial charge >= 0.3 is 6.09 Å². The number of carbonyl (C=O) groups is 3. The number of nitrogens with one attached hydrogen (secondary N) is 1. The number of anilines is 2. The van der Waals surface area contributed by atoms with E-state index in [1.807, 2.05) is 26.0 Å². The number of cyclic esters (lactones) is 1. The number of nitrogens with zero attached hydrogens (tertiary/aromatic N) is 2. The van der Waals surface area contributed by atoms with E-state index in [4.69, 9.17) is 21.1 Å². The monoisotopic (exact) mass is 545 g/mol. The van der Waals surface area contributed by atoms with Crippen molar-refractivity contribution < 1.29 is 23.9 Å². The second-order valence-corrected chi connectivity index (χ2v) is 9.80. The molecule has 5 rings (SSSR count). The van der Waals surface area contributed by atoms with Crippen LogP contribution in [0.1, 0.15) is 42.8 Å². The molecule has 2 aromatic rings. The number of hydrogen-bond donors (Lipinski definition) is 1. The Hall–Kier alpha value is -3.30. The highest BCUT2D eigenvalue weighted by atomic mass is 35.5. The average molecular weight is 546 g/mol. The molecule has 10 heteroatoms. The van der Waals surface area contributed by atoms with Crippen LogP contribution in [0.15, 0.2) is 55.6 Å². The smallest absolute Gasteiger partial charge is 0.415 e. The van der Waals surface area contributed by atoms with Crippen molar-refractivity contribution in [3.05, 3.63) is 64.9 Å². The van der Waals surface area contributed by atoms with E-state index in [2.05, 4.69) is 18.5 Å². The van der Waals surface area contributed by atoms with Gasteiger partial charge in [-0.3, -0.25) is 14.5 Å². The molecular weight excluding hydrogens is 514 g/mol. The zero-order chi connectivity index (χ0) is 26.9. The van der Waals surface area contributed by atoms with Gasteiger partial charge in [-0.25, -0.2) is 4.79 Å². The number of amides is 3. The van der Waals surface area contributed by atoms with Gasteiger partial charge in [0.1, 0.15) is 11.9 Å². The number of hydrogen-bond acceptors (Lipinski definition) is 6. The van der Waals surface area contributed by atoms with Gasteiger partial charge in [0, 0.05) is 31.1 Å². The summed E-state index contributed by atoms with van der Waals surface area (Å²) in [6, 6.07) is 8.50. The molecule has 3 aliphatic heterocycles. The molecule has 2 fully saturated rings. The number of fused-ring (bicyclic) bond motifs is 3. The van der Waals surface area contributed by atoms with E-state index in [0.717, 1.165) is 12.1 Å². The van der Waals surface area contributed by atoms with Crippen LogP contribution in [0.5, 0.6) is 5.75 Å². The molecule has 8 nitrogen and oxygen atoms in total. The molecule has 1 aromatic heterocycles. The molecule has 0 spiro atoms. The molecular formula is C27H32ClN3O5S. The lowest BCUT2D eigenvalue weighted by molar-refractivity contribution is -0.117. The normalized spacial score (nSPS) is 19.5. The molecule has 1 aromatic carbocycles. The van der Waals surface area contributed by atoms with Crippen molar-refractivity contribution >= 4 is 52.2 Å². The molecule has 3 amide bonds. The van der Waals surface area contributed by atoms with E-state index in [-0.39, 0.29) is 24.4 Å². The van der Waals surface area contributed by atoms with Crippen LogP contribution >= 0.6 is 22.9 Å². The van der Waals surface area contributed by atoms with Crippen molar-refractivity contribution in [3.63, 3.8) is 0 Å². The van der Waals surface area contributed by atoms with Crippen LogP contribution in [-0.4, -0.2) is 49.7 Å². The lowest BCUT2D eigenvalue weighted by Gasteiger charge is -2.23. The fourth-order valence-corrected chi connectivity index (χ4v) is 5.21. The first-order valence-corrected chi connectivity index (χ1v) is 13.5. The minimum atomic E-state index is -0.499. The predicted octanol–water partition coefficient (Wildman–Crippen LogP) is 5.82. The van der Waals surface area contributed by atoms with Crippen LogP contribution in [0, 0.1) is 0 Å². The van der Waals surface area contributed by atoms with E-state index in [0.29, 0.717) is 46.6 Å². The zero-order valence-electron chi connectivity index (χ0n) is 21.1. The summed E-state index contributed by atoms with van der Waals surface area (Å²) in [6.45, 7) is 12.0. The van der Waals surface area contributed by atoms with Gasteiger partial charge in [-0.05, 0) is 30.7 Å². The lowest BCUT2D eigenvalue weighted by Crippen LogP contribution is -2.42. The Morgan fingerprint density at radius 1 is 1.22 bits per heavy atom. The summed E-state index contributed by atoms with van der Waals surface area (Å²) in [4.78, 5) is 41.0. The van der Waals surface area contributed by atoms with E-state index in [1.165, 1.54) is 11.3 Å². The highest BCUT2D eigenvalue weighted by molar-refractivity contribution is 7.18. The Balaban J connectivity index is 0.000000580. The molecule has 0 radical (unpaired) electrons. The first kappa shape index (κ1) is 28.3. The summed E-state index contributed by atoms with van der Waals surface area (Å²) in [5, 5.41) is 2.83. The van der Waals surface area contributed by atoms with Crippen LogP contribution in [0.2, 0.25) is 4.34 Å². The zero-order valence-corrected chi connectivity index (χ0v) is 22.6. The number of halogens is 1. The van der Waals surface area contributed by atoms with Crippen molar-refractivity contribution in [2.75, 3.05) is 29.5 Å². The number of carbonyl (C=O) groups excluding carboxylic acids is 3. The molecule has 1 unspecified atom stereocenters. The first-order valence-electron chi connectivity index (χ1n) is 12.3. The van der Waals surface area contributed by atoms with E-state index >= 15 is 0 Å². The quantitative estimate of drug-likeness (QED) is 0.478. The maximum Gasteiger partial charge on any atom is 0.415 e. The highest BCUT2D eigenvalue weighted by Gasteiger charge is 2.45. The van der Waals surface area contributed by atoms with E-state index in [1.54, 1.807) is 40.2 Å². The van der Waals surface area contributed by atoms with Gasteiger partial charge in [-0.15, -0.1) is 11.3 Å². The number of ether oxygens (including phenoxy) is 2. The molecule has 0 aliphatic carbocycles. The first-order chi connectivity index (χ1) is 17.9. The Morgan fingerprint density at radius 3 is 2.59 bits per heavy atom. The van der Waals surface area contributed by atoms with Crippen LogP contribution in [0.3, 0.4) is 0 Å². The molecule has 0 saturated carbocycles. The molecule has 3 aliphatic rings. The Bertz CT molecular complexity index is 1140. The Morgan fingerprint density at radius 2 is 1.97 bits per heavy atom. The summed E-state index contributed by atoms with van der Waals surface area (Å²) in [6.07, 6.45) is 4.25. The molecule has 1 N–H and O–H groups in total. The SMILES string of the molecule is C=CC=C.CC.O=C(NCC1OC(=O)N2c3ccc(N4CCCC4=O)cc3OCC[C@@H]12)c1ccc(Cl)s1. The third-order valence-electron chi connectivity index (χ3n) is 5.90. The minimum absolute atomic E-state index is 0.0925. The minimum Gasteiger partial charge on any atom is -0.491 e. The third kappa shape index (κ3) is 6.53. The van der Waals surface area contributed by atoms with Crippen molar-refractivity contribution in [1.82, 2.24) is 5.32 Å². The summed E-state index contributed by atoms with van der Waals surface area (Å²) in [5.74, 6) is 0.390. The van der Waals surface area contributed by atoms with Gasteiger partial charge in [0.05, 0.1) is 34.1 Å². The summed E-state index contributed by atoms with van der Waals surface area (Å²) in [5.41, 5.74) is 1.38. The second-order valence-electron chi connectivity index (χ2n) is 8.08. The topological polar surface area (TPSA) is 88.2 Å². The van der Waals surface area contributed by atoms with Crippen LogP contribution in [0.25, 0.3) is 0 Å². The van der Waals surface area contributed by atoms with Crippen molar-refractivity contribution in [2.45, 2.75) is 45.3 Å². The molecule has 0 bridgehead atoms. The van der Waals surface area contributed by atoms with Crippen LogP contribution in [0.4, 0.5) is 16.2 Å². The Labute approximate surface area is 226 Å². The van der Waals surface area contributed by atoms with Gasteiger partial charge in [-0.1, -0.05) is 50.8 Å². The third-order valence-corrected chi connectivity index (χ3v) is 7.13. The average Bonchev–Trinajstić information content (AvgIpc) is 3.59. The summed E-state index contributed by atoms with van der Waals surface area (Å²) >= 11 is 7.09. The van der Waals surface area contributed by atoms with Gasteiger partial charge in [0.25, 0.3) is 5.91 Å². The van der Waals surface area contributed by atoms with Gasteiger partial charge in [0.2, 0.25) is 5.91 Å². The fraction of sp³-hybridized carbons (Fsp3) is 0.370. The molecule has 2 atom stereocenters. The molecule has 4 heterocycles. The Kier molecular flexibility index (Phi) is 10.2. The van der Waals surface area contributed by atoms with E-state index < -0.39 is 12.2 Å². The number of thiophene rings is 1.